The molecule has 3 nitrogen and oxygen atoms in total. The molecule has 0 heterocycles. The van der Waals surface area contributed by atoms with Crippen molar-refractivity contribution in [3.8, 4) is 0 Å². The van der Waals surface area contributed by atoms with Crippen LogP contribution in [0.3, 0.4) is 0 Å². The number of rotatable bonds is 5. The molecule has 1 aromatic carbocycles. The lowest BCUT2D eigenvalue weighted by molar-refractivity contribution is 0.577. The minimum atomic E-state index is -3.41. The van der Waals surface area contributed by atoms with Crippen molar-refractivity contribution >= 4 is 21.4 Å². The molecule has 0 aliphatic rings. The van der Waals surface area contributed by atoms with Crippen LogP contribution < -0.4 is 5.32 Å². The Hall–Kier alpha value is -0.650. The van der Waals surface area contributed by atoms with E-state index in [-0.39, 0.29) is 21.7 Å². The van der Waals surface area contributed by atoms with Gasteiger partial charge in [0.2, 0.25) is 0 Å². The van der Waals surface area contributed by atoms with Gasteiger partial charge in [-0.15, -0.1) is 0 Å². The van der Waals surface area contributed by atoms with Gasteiger partial charge in [-0.2, -0.15) is 0 Å². The molecule has 0 saturated carbocycles. The van der Waals surface area contributed by atoms with Crippen molar-refractivity contribution in [3.63, 3.8) is 0 Å². The Bertz CT molecular complexity index is 488. The Labute approximate surface area is 106 Å². The maximum absolute atomic E-state index is 12.9. The Morgan fingerprint density at radius 3 is 2.59 bits per heavy atom. The summed E-state index contributed by atoms with van der Waals surface area (Å²) in [6.45, 7) is 4.22. The van der Waals surface area contributed by atoms with E-state index in [4.69, 9.17) is 11.6 Å². The van der Waals surface area contributed by atoms with Crippen molar-refractivity contribution in [1.29, 1.82) is 0 Å². The Balaban J connectivity index is 2.79. The van der Waals surface area contributed by atoms with Crippen LogP contribution in [0.15, 0.2) is 23.1 Å². The maximum atomic E-state index is 12.9. The second-order valence-electron chi connectivity index (χ2n) is 4.00. The van der Waals surface area contributed by atoms with E-state index >= 15 is 0 Å². The third kappa shape index (κ3) is 4.26. The van der Waals surface area contributed by atoms with Crippen LogP contribution in [0.25, 0.3) is 0 Å². The zero-order valence-electron chi connectivity index (χ0n) is 9.70. The van der Waals surface area contributed by atoms with Gasteiger partial charge in [-0.05, 0) is 18.2 Å². The highest BCUT2D eigenvalue weighted by Crippen LogP contribution is 2.20. The molecular weight excluding hydrogens is 265 g/mol. The molecule has 0 spiro atoms. The topological polar surface area (TPSA) is 46.2 Å². The minimum absolute atomic E-state index is 0.0346. The lowest BCUT2D eigenvalue weighted by Gasteiger charge is -2.09. The second-order valence-corrected chi connectivity index (χ2v) is 6.52. The standard InChI is InChI=1S/C11H15ClFNO2S/c1-8(2)14-5-6-17(15,16)9-3-4-11(13)10(12)7-9/h3-4,7-8,14H,5-6H2,1-2H3. The molecule has 0 radical (unpaired) electrons. The average Bonchev–Trinajstić information content (AvgIpc) is 2.21. The molecule has 0 atom stereocenters. The third-order valence-electron chi connectivity index (χ3n) is 2.17. The van der Waals surface area contributed by atoms with Gasteiger partial charge in [0.05, 0.1) is 15.7 Å². The molecule has 96 valence electrons. The van der Waals surface area contributed by atoms with E-state index in [2.05, 4.69) is 5.32 Å². The van der Waals surface area contributed by atoms with Gasteiger partial charge in [0.1, 0.15) is 5.82 Å². The first-order chi connectivity index (χ1) is 7.83. The molecule has 0 unspecified atom stereocenters. The minimum Gasteiger partial charge on any atom is -0.314 e. The van der Waals surface area contributed by atoms with Gasteiger partial charge < -0.3 is 5.32 Å². The first-order valence-corrected chi connectivity index (χ1v) is 7.27. The molecular formula is C11H15ClFNO2S. The van der Waals surface area contributed by atoms with Crippen molar-refractivity contribution in [2.24, 2.45) is 0 Å². The zero-order valence-corrected chi connectivity index (χ0v) is 11.3. The first-order valence-electron chi connectivity index (χ1n) is 5.24. The predicted octanol–water partition coefficient (Wildman–Crippen LogP) is 2.25. The smallest absolute Gasteiger partial charge is 0.179 e. The van der Waals surface area contributed by atoms with E-state index in [0.29, 0.717) is 6.54 Å². The van der Waals surface area contributed by atoms with Crippen molar-refractivity contribution in [1.82, 2.24) is 5.32 Å². The number of hydrogen-bond acceptors (Lipinski definition) is 3. The molecule has 1 N–H and O–H groups in total. The normalized spacial score (nSPS) is 12.1. The van der Waals surface area contributed by atoms with Crippen molar-refractivity contribution in [3.05, 3.63) is 29.0 Å². The Morgan fingerprint density at radius 2 is 2.06 bits per heavy atom. The van der Waals surface area contributed by atoms with E-state index in [9.17, 15) is 12.8 Å². The summed E-state index contributed by atoms with van der Waals surface area (Å²) in [7, 11) is -3.41. The van der Waals surface area contributed by atoms with Crippen LogP contribution in [-0.2, 0) is 9.84 Å². The monoisotopic (exact) mass is 279 g/mol. The van der Waals surface area contributed by atoms with Crippen LogP contribution in [0.4, 0.5) is 4.39 Å². The van der Waals surface area contributed by atoms with Gasteiger partial charge in [-0.25, -0.2) is 12.8 Å². The largest absolute Gasteiger partial charge is 0.314 e. The summed E-state index contributed by atoms with van der Waals surface area (Å²) in [4.78, 5) is 0.0504. The van der Waals surface area contributed by atoms with E-state index in [1.165, 1.54) is 6.07 Å². The Morgan fingerprint density at radius 1 is 1.41 bits per heavy atom. The lowest BCUT2D eigenvalue weighted by atomic mass is 10.3. The van der Waals surface area contributed by atoms with E-state index < -0.39 is 15.7 Å². The third-order valence-corrected chi connectivity index (χ3v) is 4.18. The molecule has 0 aliphatic carbocycles. The highest BCUT2D eigenvalue weighted by Gasteiger charge is 2.15. The quantitative estimate of drug-likeness (QED) is 0.841. The zero-order chi connectivity index (χ0) is 13.1. The van der Waals surface area contributed by atoms with Crippen LogP contribution in [-0.4, -0.2) is 26.8 Å². The van der Waals surface area contributed by atoms with Crippen LogP contribution in [0.2, 0.25) is 5.02 Å². The summed E-state index contributed by atoms with van der Waals surface area (Å²) in [5.74, 6) is -0.654. The second kappa shape index (κ2) is 5.80. The summed E-state index contributed by atoms with van der Waals surface area (Å²) in [5, 5.41) is 2.83. The fourth-order valence-corrected chi connectivity index (χ4v) is 2.71. The van der Waals surface area contributed by atoms with Gasteiger partial charge in [-0.1, -0.05) is 25.4 Å². The SMILES string of the molecule is CC(C)NCCS(=O)(=O)c1ccc(F)c(Cl)c1. The van der Waals surface area contributed by atoms with Gasteiger partial charge in [0.25, 0.3) is 0 Å². The van der Waals surface area contributed by atoms with E-state index in [1.54, 1.807) is 0 Å². The molecule has 0 aromatic heterocycles. The molecule has 1 rings (SSSR count). The van der Waals surface area contributed by atoms with Gasteiger partial charge in [-0.3, -0.25) is 0 Å². The van der Waals surface area contributed by atoms with E-state index in [0.717, 1.165) is 12.1 Å². The average molecular weight is 280 g/mol. The molecule has 0 amide bonds. The molecule has 17 heavy (non-hydrogen) atoms. The highest BCUT2D eigenvalue weighted by molar-refractivity contribution is 7.91. The number of benzene rings is 1. The van der Waals surface area contributed by atoms with Crippen LogP contribution in [0.1, 0.15) is 13.8 Å². The summed E-state index contributed by atoms with van der Waals surface area (Å²) in [6.07, 6.45) is 0. The lowest BCUT2D eigenvalue weighted by Crippen LogP contribution is -2.28. The molecule has 0 fully saturated rings. The number of sulfone groups is 1. The summed E-state index contributed by atoms with van der Waals surface area (Å²) < 4.78 is 36.6. The van der Waals surface area contributed by atoms with Gasteiger partial charge in [0, 0.05) is 12.6 Å². The Kier molecular flexibility index (Phi) is 4.91. The van der Waals surface area contributed by atoms with Crippen molar-refractivity contribution in [2.75, 3.05) is 12.3 Å². The summed E-state index contributed by atoms with van der Waals surface area (Å²) >= 11 is 5.55. The fourth-order valence-electron chi connectivity index (χ4n) is 1.27. The number of nitrogens with one attached hydrogen (secondary N) is 1. The predicted molar refractivity (Wildman–Crippen MR) is 66.6 cm³/mol. The molecule has 6 heteroatoms. The highest BCUT2D eigenvalue weighted by atomic mass is 35.5. The maximum Gasteiger partial charge on any atom is 0.179 e. The van der Waals surface area contributed by atoms with Crippen LogP contribution >= 0.6 is 11.6 Å². The first kappa shape index (κ1) is 14.4. The van der Waals surface area contributed by atoms with E-state index in [1.807, 2.05) is 13.8 Å². The van der Waals surface area contributed by atoms with Gasteiger partial charge >= 0.3 is 0 Å². The van der Waals surface area contributed by atoms with Crippen LogP contribution in [0.5, 0.6) is 0 Å². The number of hydrogen-bond donors (Lipinski definition) is 1. The van der Waals surface area contributed by atoms with Crippen LogP contribution in [0, 0.1) is 5.82 Å². The molecule has 0 bridgehead atoms. The van der Waals surface area contributed by atoms with Crippen molar-refractivity contribution in [2.45, 2.75) is 24.8 Å². The fraction of sp³-hybridized carbons (Fsp3) is 0.455. The van der Waals surface area contributed by atoms with Crippen molar-refractivity contribution < 1.29 is 12.8 Å². The molecule has 1 aromatic rings. The molecule has 0 aliphatic heterocycles. The molecule has 0 saturated heterocycles. The summed E-state index contributed by atoms with van der Waals surface area (Å²) in [5.41, 5.74) is 0. The van der Waals surface area contributed by atoms with Gasteiger partial charge in [0.15, 0.2) is 9.84 Å². The number of halogens is 2. The summed E-state index contributed by atoms with van der Waals surface area (Å²) in [6, 6.07) is 3.65.